The maximum absolute atomic E-state index is 14.1. The van der Waals surface area contributed by atoms with E-state index in [4.69, 9.17) is 4.42 Å². The second-order valence-electron chi connectivity index (χ2n) is 8.31. The van der Waals surface area contributed by atoms with Crippen LogP contribution in [0.5, 0.6) is 0 Å². The van der Waals surface area contributed by atoms with E-state index in [2.05, 4.69) is 20.8 Å². The molecule has 0 aliphatic carbocycles. The number of aliphatic hydroxyl groups is 1. The molecule has 0 saturated carbocycles. The van der Waals surface area contributed by atoms with Gasteiger partial charge < -0.3 is 14.4 Å². The normalized spacial score (nSPS) is 22.3. The van der Waals surface area contributed by atoms with Crippen molar-refractivity contribution in [3.8, 4) is 0 Å². The van der Waals surface area contributed by atoms with Gasteiger partial charge in [-0.2, -0.15) is 0 Å². The van der Waals surface area contributed by atoms with Crippen molar-refractivity contribution in [2.45, 2.75) is 44.8 Å². The van der Waals surface area contributed by atoms with Crippen LogP contribution in [0.4, 0.5) is 10.1 Å². The molecule has 0 spiro atoms. The lowest BCUT2D eigenvalue weighted by atomic mass is 9.99. The number of rotatable bonds is 6. The monoisotopic (exact) mass is 401 g/mol. The van der Waals surface area contributed by atoms with Crippen molar-refractivity contribution in [2.24, 2.45) is 0 Å². The van der Waals surface area contributed by atoms with E-state index < -0.39 is 0 Å². The zero-order chi connectivity index (χ0) is 20.2. The zero-order valence-corrected chi connectivity index (χ0v) is 17.3. The molecule has 0 amide bonds. The zero-order valence-electron chi connectivity index (χ0n) is 17.3. The summed E-state index contributed by atoms with van der Waals surface area (Å²) < 4.78 is 19.9. The summed E-state index contributed by atoms with van der Waals surface area (Å²) >= 11 is 0. The molecule has 3 heterocycles. The smallest absolute Gasteiger partial charge is 0.146 e. The Kier molecular flexibility index (Phi) is 6.53. The number of hydrogen-bond acceptors (Lipinski definition) is 5. The Bertz CT molecular complexity index is 788. The summed E-state index contributed by atoms with van der Waals surface area (Å²) in [5.74, 6) is 1.81. The summed E-state index contributed by atoms with van der Waals surface area (Å²) in [6.45, 7) is 7.76. The molecule has 0 radical (unpaired) electrons. The molecule has 1 unspecified atom stereocenters. The minimum atomic E-state index is -0.129. The Morgan fingerprint density at radius 3 is 2.55 bits per heavy atom. The highest BCUT2D eigenvalue weighted by Crippen LogP contribution is 2.27. The summed E-state index contributed by atoms with van der Waals surface area (Å²) in [7, 11) is 0. The van der Waals surface area contributed by atoms with Gasteiger partial charge in [-0.25, -0.2) is 4.39 Å². The predicted molar refractivity (Wildman–Crippen MR) is 113 cm³/mol. The number of hydrogen-bond donors (Lipinski definition) is 1. The highest BCUT2D eigenvalue weighted by molar-refractivity contribution is 5.47. The van der Waals surface area contributed by atoms with Crippen LogP contribution in [0.25, 0.3) is 0 Å². The molecular formula is C23H32FN3O2. The molecule has 5 nitrogen and oxygen atoms in total. The molecule has 2 aliphatic heterocycles. The number of para-hydroxylation sites is 1. The van der Waals surface area contributed by atoms with Crippen LogP contribution in [0.15, 0.2) is 40.8 Å². The van der Waals surface area contributed by atoms with Gasteiger partial charge in [-0.3, -0.25) is 9.80 Å². The number of nitrogens with zero attached hydrogens (tertiary/aromatic N) is 3. The van der Waals surface area contributed by atoms with Gasteiger partial charge in [0, 0.05) is 51.4 Å². The van der Waals surface area contributed by atoms with E-state index in [1.54, 1.807) is 12.1 Å². The Morgan fingerprint density at radius 1 is 1.07 bits per heavy atom. The molecule has 1 atom stereocenters. The minimum Gasteiger partial charge on any atom is -0.465 e. The van der Waals surface area contributed by atoms with Crippen molar-refractivity contribution in [2.75, 3.05) is 44.2 Å². The van der Waals surface area contributed by atoms with Crippen molar-refractivity contribution in [1.82, 2.24) is 9.80 Å². The van der Waals surface area contributed by atoms with Crippen molar-refractivity contribution < 1.29 is 13.9 Å². The number of halogens is 1. The third-order valence-electron chi connectivity index (χ3n) is 6.43. The van der Waals surface area contributed by atoms with Gasteiger partial charge in [-0.1, -0.05) is 12.1 Å². The second-order valence-corrected chi connectivity index (χ2v) is 8.31. The van der Waals surface area contributed by atoms with Gasteiger partial charge in [0.15, 0.2) is 0 Å². The van der Waals surface area contributed by atoms with Crippen LogP contribution < -0.4 is 4.90 Å². The van der Waals surface area contributed by atoms with Gasteiger partial charge in [0.2, 0.25) is 0 Å². The highest BCUT2D eigenvalue weighted by atomic mass is 19.1. The lowest BCUT2D eigenvalue weighted by Crippen LogP contribution is -2.57. The first-order valence-corrected chi connectivity index (χ1v) is 10.8. The third-order valence-corrected chi connectivity index (χ3v) is 6.43. The van der Waals surface area contributed by atoms with Crippen molar-refractivity contribution >= 4 is 5.69 Å². The molecule has 2 saturated heterocycles. The molecule has 1 aromatic heterocycles. The Balaban J connectivity index is 1.34. The Morgan fingerprint density at radius 2 is 1.86 bits per heavy atom. The van der Waals surface area contributed by atoms with E-state index in [0.717, 1.165) is 75.7 Å². The maximum Gasteiger partial charge on any atom is 0.146 e. The number of anilines is 1. The Labute approximate surface area is 172 Å². The largest absolute Gasteiger partial charge is 0.465 e. The quantitative estimate of drug-likeness (QED) is 0.805. The van der Waals surface area contributed by atoms with Gasteiger partial charge in [-0.15, -0.1) is 0 Å². The average molecular weight is 402 g/mol. The lowest BCUT2D eigenvalue weighted by Gasteiger charge is -2.46. The molecule has 2 aliphatic rings. The van der Waals surface area contributed by atoms with E-state index in [9.17, 15) is 9.50 Å². The number of aryl methyl sites for hydroxylation is 1. The highest BCUT2D eigenvalue weighted by Gasteiger charge is 2.33. The van der Waals surface area contributed by atoms with E-state index in [0.29, 0.717) is 12.1 Å². The molecule has 0 bridgehead atoms. The van der Waals surface area contributed by atoms with Crippen LogP contribution >= 0.6 is 0 Å². The molecule has 2 fully saturated rings. The Hall–Kier alpha value is -1.89. The van der Waals surface area contributed by atoms with Crippen LogP contribution in [-0.4, -0.2) is 66.3 Å². The van der Waals surface area contributed by atoms with E-state index in [1.165, 1.54) is 0 Å². The summed E-state index contributed by atoms with van der Waals surface area (Å²) in [5, 5.41) is 9.58. The molecule has 1 N–H and O–H groups in total. The molecule has 6 heteroatoms. The average Bonchev–Trinajstić information content (AvgIpc) is 3.15. The standard InChI is InChI=1S/C23H32FN3O2/c1-18-6-7-21(29-18)17-27-14-13-26(16-20(27)10-15-28)19-8-11-25(12-9-19)23-5-3-2-4-22(23)24/h2-7,19-20,28H,8-17H2,1H3. The minimum absolute atomic E-state index is 0.129. The SMILES string of the molecule is Cc1ccc(CN2CCN(C3CCN(c4ccccc4F)CC3)CC2CCO)o1. The number of piperidine rings is 1. The molecule has 2 aromatic rings. The van der Waals surface area contributed by atoms with Crippen molar-refractivity contribution in [3.63, 3.8) is 0 Å². The van der Waals surface area contributed by atoms with Gasteiger partial charge in [0.05, 0.1) is 12.2 Å². The van der Waals surface area contributed by atoms with Crippen LogP contribution in [0.1, 0.15) is 30.8 Å². The van der Waals surface area contributed by atoms with Gasteiger partial charge in [0.25, 0.3) is 0 Å². The van der Waals surface area contributed by atoms with Gasteiger partial charge >= 0.3 is 0 Å². The lowest BCUT2D eigenvalue weighted by molar-refractivity contribution is 0.0220. The first-order chi connectivity index (χ1) is 14.1. The fourth-order valence-corrected chi connectivity index (χ4v) is 4.83. The van der Waals surface area contributed by atoms with Crippen LogP contribution in [0.2, 0.25) is 0 Å². The fraction of sp³-hybridized carbons (Fsp3) is 0.565. The summed E-state index contributed by atoms with van der Waals surface area (Å²) in [6, 6.07) is 12.0. The maximum atomic E-state index is 14.1. The first kappa shape index (κ1) is 20.4. The van der Waals surface area contributed by atoms with E-state index >= 15 is 0 Å². The van der Waals surface area contributed by atoms with Gasteiger partial charge in [-0.05, 0) is 50.5 Å². The fourth-order valence-electron chi connectivity index (χ4n) is 4.83. The summed E-state index contributed by atoms with van der Waals surface area (Å²) in [4.78, 5) is 7.20. The molecular weight excluding hydrogens is 369 g/mol. The van der Waals surface area contributed by atoms with Crippen LogP contribution in [-0.2, 0) is 6.54 Å². The number of furan rings is 1. The number of aliphatic hydroxyl groups excluding tert-OH is 1. The predicted octanol–water partition coefficient (Wildman–Crippen LogP) is 3.26. The number of piperazine rings is 1. The van der Waals surface area contributed by atoms with E-state index in [-0.39, 0.29) is 12.4 Å². The second kappa shape index (κ2) is 9.28. The van der Waals surface area contributed by atoms with E-state index in [1.807, 2.05) is 25.1 Å². The summed E-state index contributed by atoms with van der Waals surface area (Å²) in [6.07, 6.45) is 2.89. The van der Waals surface area contributed by atoms with Gasteiger partial charge in [0.1, 0.15) is 17.3 Å². The van der Waals surface area contributed by atoms with Crippen molar-refractivity contribution in [1.29, 1.82) is 0 Å². The van der Waals surface area contributed by atoms with Crippen LogP contribution in [0.3, 0.4) is 0 Å². The summed E-state index contributed by atoms with van der Waals surface area (Å²) in [5.41, 5.74) is 0.725. The third kappa shape index (κ3) is 4.82. The van der Waals surface area contributed by atoms with Crippen molar-refractivity contribution in [3.05, 3.63) is 53.7 Å². The molecule has 4 rings (SSSR count). The topological polar surface area (TPSA) is 43.1 Å². The first-order valence-electron chi connectivity index (χ1n) is 10.8. The molecule has 158 valence electrons. The molecule has 1 aromatic carbocycles. The molecule has 29 heavy (non-hydrogen) atoms. The number of benzene rings is 1. The van der Waals surface area contributed by atoms with Crippen LogP contribution in [0, 0.1) is 12.7 Å².